The number of fused-ring (bicyclic) bond motifs is 2. The quantitative estimate of drug-likeness (QED) is 0.181. The van der Waals surface area contributed by atoms with Gasteiger partial charge in [0.15, 0.2) is 5.79 Å². The van der Waals surface area contributed by atoms with Gasteiger partial charge in [0.25, 0.3) is 5.91 Å². The fourth-order valence-corrected chi connectivity index (χ4v) is 7.38. The first-order chi connectivity index (χ1) is 24.8. The molecule has 3 aliphatic rings. The van der Waals surface area contributed by atoms with Gasteiger partial charge in [0.1, 0.15) is 23.9 Å². The fraction of sp³-hybridized carbons (Fsp3) is 0.400. The first kappa shape index (κ1) is 37.6. The molecule has 0 saturated carbocycles. The van der Waals surface area contributed by atoms with Gasteiger partial charge in [-0.3, -0.25) is 14.4 Å². The van der Waals surface area contributed by atoms with E-state index in [1.807, 2.05) is 24.3 Å². The lowest BCUT2D eigenvalue weighted by molar-refractivity contribution is -0.172. The van der Waals surface area contributed by atoms with E-state index in [0.717, 1.165) is 14.7 Å². The SMILES string of the molecule is CC(C)(C)OC(=O)CC[C@@H](CO)NC(=O)c1cccc(CNC(=O)C2=C[C@H]3OC4(Cc5ccccc5C4)O[C@H]3[C@H](OC(=O)c3ccccc3I)C2)c1. The molecule has 1 fully saturated rings. The first-order valence-corrected chi connectivity index (χ1v) is 18.5. The molecule has 3 aromatic rings. The van der Waals surface area contributed by atoms with Crippen LogP contribution in [0.15, 0.2) is 84.4 Å². The van der Waals surface area contributed by atoms with Crippen molar-refractivity contribution >= 4 is 46.3 Å². The van der Waals surface area contributed by atoms with Crippen LogP contribution in [0.2, 0.25) is 0 Å². The van der Waals surface area contributed by atoms with Crippen LogP contribution in [0, 0.1) is 3.57 Å². The van der Waals surface area contributed by atoms with Crippen molar-refractivity contribution in [2.24, 2.45) is 0 Å². The molecule has 3 N–H and O–H groups in total. The topological polar surface area (TPSA) is 149 Å². The minimum Gasteiger partial charge on any atom is -0.460 e. The number of aliphatic hydroxyl groups is 1. The first-order valence-electron chi connectivity index (χ1n) is 17.4. The molecule has 11 nitrogen and oxygen atoms in total. The summed E-state index contributed by atoms with van der Waals surface area (Å²) in [5.74, 6) is -2.61. The van der Waals surface area contributed by atoms with Crippen LogP contribution in [0.25, 0.3) is 0 Å². The van der Waals surface area contributed by atoms with Gasteiger partial charge in [-0.25, -0.2) is 4.79 Å². The summed E-state index contributed by atoms with van der Waals surface area (Å²) in [4.78, 5) is 52.2. The Morgan fingerprint density at radius 2 is 1.67 bits per heavy atom. The highest BCUT2D eigenvalue weighted by molar-refractivity contribution is 14.1. The summed E-state index contributed by atoms with van der Waals surface area (Å²) in [6.45, 7) is 5.10. The summed E-state index contributed by atoms with van der Waals surface area (Å²) in [6.07, 6.45) is 1.27. The van der Waals surface area contributed by atoms with Crippen LogP contribution in [0.3, 0.4) is 0 Å². The maximum atomic E-state index is 13.7. The second-order valence-electron chi connectivity index (χ2n) is 14.4. The number of carbonyl (C=O) groups is 4. The molecule has 1 heterocycles. The molecular weight excluding hydrogens is 779 g/mol. The Labute approximate surface area is 316 Å². The smallest absolute Gasteiger partial charge is 0.339 e. The minimum atomic E-state index is -0.918. The summed E-state index contributed by atoms with van der Waals surface area (Å²) in [5, 5.41) is 15.5. The van der Waals surface area contributed by atoms with E-state index in [1.54, 1.807) is 63.2 Å². The van der Waals surface area contributed by atoms with Crippen LogP contribution in [0.4, 0.5) is 0 Å². The van der Waals surface area contributed by atoms with Crippen molar-refractivity contribution in [3.8, 4) is 0 Å². The Hall–Kier alpha value is -4.11. The van der Waals surface area contributed by atoms with Crippen LogP contribution in [0.1, 0.15) is 77.4 Å². The zero-order chi connectivity index (χ0) is 37.0. The van der Waals surface area contributed by atoms with Gasteiger partial charge in [-0.1, -0.05) is 48.5 Å². The molecule has 274 valence electrons. The van der Waals surface area contributed by atoms with E-state index in [-0.39, 0.29) is 38.3 Å². The Kier molecular flexibility index (Phi) is 11.5. The summed E-state index contributed by atoms with van der Waals surface area (Å²) in [6, 6.07) is 21.4. The summed E-state index contributed by atoms with van der Waals surface area (Å²) in [5.41, 5.74) is 3.50. The molecule has 3 aromatic carbocycles. The largest absolute Gasteiger partial charge is 0.460 e. The Bertz CT molecular complexity index is 1840. The van der Waals surface area contributed by atoms with Gasteiger partial charge in [0.05, 0.1) is 18.2 Å². The lowest BCUT2D eigenvalue weighted by Crippen LogP contribution is -2.43. The van der Waals surface area contributed by atoms with Crippen molar-refractivity contribution in [1.82, 2.24) is 10.6 Å². The Morgan fingerprint density at radius 3 is 2.37 bits per heavy atom. The molecule has 0 radical (unpaired) electrons. The number of halogens is 1. The number of nitrogens with one attached hydrogen (secondary N) is 2. The average Bonchev–Trinajstić information content (AvgIpc) is 3.66. The van der Waals surface area contributed by atoms with Gasteiger partial charge in [0.2, 0.25) is 5.91 Å². The number of ether oxygens (including phenoxy) is 4. The number of rotatable bonds is 11. The highest BCUT2D eigenvalue weighted by Gasteiger charge is 2.55. The number of aliphatic hydroxyl groups excluding tert-OH is 1. The van der Waals surface area contributed by atoms with Gasteiger partial charge < -0.3 is 34.7 Å². The second kappa shape index (κ2) is 15.9. The van der Waals surface area contributed by atoms with Crippen LogP contribution < -0.4 is 10.6 Å². The van der Waals surface area contributed by atoms with Gasteiger partial charge in [-0.05, 0) is 96.8 Å². The number of esters is 2. The lowest BCUT2D eigenvalue weighted by Gasteiger charge is -2.30. The third kappa shape index (κ3) is 9.08. The monoisotopic (exact) mass is 822 g/mol. The highest BCUT2D eigenvalue weighted by atomic mass is 127. The van der Waals surface area contributed by atoms with E-state index < -0.39 is 53.6 Å². The zero-order valence-corrected chi connectivity index (χ0v) is 31.5. The third-order valence-corrected chi connectivity index (χ3v) is 10.1. The third-order valence-electron chi connectivity index (χ3n) is 9.18. The zero-order valence-electron chi connectivity index (χ0n) is 29.4. The number of amides is 2. The molecule has 12 heteroatoms. The van der Waals surface area contributed by atoms with Crippen molar-refractivity contribution in [3.63, 3.8) is 0 Å². The van der Waals surface area contributed by atoms with E-state index in [0.29, 0.717) is 35.1 Å². The number of carbonyl (C=O) groups excluding carboxylic acids is 4. The van der Waals surface area contributed by atoms with E-state index in [9.17, 15) is 24.3 Å². The van der Waals surface area contributed by atoms with E-state index in [1.165, 1.54) is 0 Å². The maximum absolute atomic E-state index is 13.7. The molecule has 4 atom stereocenters. The highest BCUT2D eigenvalue weighted by Crippen LogP contribution is 2.45. The average molecular weight is 823 g/mol. The maximum Gasteiger partial charge on any atom is 0.339 e. The summed E-state index contributed by atoms with van der Waals surface area (Å²) < 4.78 is 25.3. The van der Waals surface area contributed by atoms with Crippen LogP contribution >= 0.6 is 22.6 Å². The Morgan fingerprint density at radius 1 is 0.962 bits per heavy atom. The molecule has 52 heavy (non-hydrogen) atoms. The molecule has 0 aromatic heterocycles. The predicted octanol–water partition coefficient (Wildman–Crippen LogP) is 4.95. The van der Waals surface area contributed by atoms with Crippen LogP contribution in [-0.2, 0) is 47.9 Å². The second-order valence-corrected chi connectivity index (χ2v) is 15.5. The normalized spacial score (nSPS) is 20.6. The number of hydrogen-bond donors (Lipinski definition) is 3. The van der Waals surface area contributed by atoms with Crippen LogP contribution in [0.5, 0.6) is 0 Å². The molecular formula is C40H43IN2O9. The molecule has 2 aliphatic carbocycles. The lowest BCUT2D eigenvalue weighted by atomic mass is 9.91. The van der Waals surface area contributed by atoms with Gasteiger partial charge >= 0.3 is 11.9 Å². The van der Waals surface area contributed by atoms with E-state index in [2.05, 4.69) is 45.4 Å². The fourth-order valence-electron chi connectivity index (χ4n) is 6.77. The molecule has 2 amide bonds. The summed E-state index contributed by atoms with van der Waals surface area (Å²) in [7, 11) is 0. The van der Waals surface area contributed by atoms with Crippen molar-refractivity contribution in [3.05, 3.63) is 116 Å². The van der Waals surface area contributed by atoms with Gasteiger partial charge in [-0.15, -0.1) is 0 Å². The van der Waals surface area contributed by atoms with Crippen molar-refractivity contribution in [2.75, 3.05) is 6.61 Å². The molecule has 0 unspecified atom stereocenters. The molecule has 1 spiro atoms. The minimum absolute atomic E-state index is 0.0454. The van der Waals surface area contributed by atoms with Crippen molar-refractivity contribution in [1.29, 1.82) is 0 Å². The van der Waals surface area contributed by atoms with Gasteiger partial charge in [0, 0.05) is 46.9 Å². The van der Waals surface area contributed by atoms with Crippen LogP contribution in [-0.4, -0.2) is 71.2 Å². The van der Waals surface area contributed by atoms with Gasteiger partial charge in [-0.2, -0.15) is 0 Å². The number of benzene rings is 3. The standard InChI is InChI=1S/C40H43IN2O9/c1-39(2,3)51-34(45)16-15-29(23-44)43-37(47)25-12-8-9-24(17-25)22-42-36(46)28-18-32(49-38(48)30-13-6-7-14-31(30)41)35-33(19-28)50-40(52-35)20-26-10-4-5-11-27(26)21-40/h4-14,17,19,29,32-33,35,44H,15-16,18,20-23H2,1-3H3,(H,42,46)(H,43,47)/t29-,32+,33+,35-/m0/s1. The Balaban J connectivity index is 1.11. The molecule has 1 saturated heterocycles. The van der Waals surface area contributed by atoms with E-state index >= 15 is 0 Å². The van der Waals surface area contributed by atoms with Crippen molar-refractivity contribution in [2.45, 2.75) is 95.2 Å². The number of hydrogen-bond acceptors (Lipinski definition) is 9. The van der Waals surface area contributed by atoms with E-state index in [4.69, 9.17) is 18.9 Å². The predicted molar refractivity (Wildman–Crippen MR) is 199 cm³/mol. The molecule has 6 rings (SSSR count). The summed E-state index contributed by atoms with van der Waals surface area (Å²) >= 11 is 2.10. The molecule has 1 aliphatic heterocycles. The van der Waals surface area contributed by atoms with Crippen molar-refractivity contribution < 1.29 is 43.2 Å². The molecule has 0 bridgehead atoms.